The summed E-state index contributed by atoms with van der Waals surface area (Å²) >= 11 is 0. The van der Waals surface area contributed by atoms with Crippen LogP contribution in [0, 0.1) is 17.0 Å². The van der Waals surface area contributed by atoms with Crippen LogP contribution < -0.4 is 5.69 Å². The summed E-state index contributed by atoms with van der Waals surface area (Å²) in [4.78, 5) is 37.2. The summed E-state index contributed by atoms with van der Waals surface area (Å²) in [6.45, 7) is 2.10. The Morgan fingerprint density at radius 3 is 2.81 bits per heavy atom. The molecule has 0 aliphatic carbocycles. The quantitative estimate of drug-likeness (QED) is 0.317. The number of imidazole rings is 1. The molecule has 1 N–H and O–H groups in total. The van der Waals surface area contributed by atoms with Crippen molar-refractivity contribution in [2.75, 3.05) is 6.61 Å². The SMILES string of the molecule is Cc1ccc(C(=O)OCCCn2c(=O)[nH]c3ccccc32)cc1[N+](=O)[O-]. The zero-order valence-electron chi connectivity index (χ0n) is 14.1. The summed E-state index contributed by atoms with van der Waals surface area (Å²) < 4.78 is 6.75. The molecule has 0 fully saturated rings. The van der Waals surface area contributed by atoms with E-state index in [1.54, 1.807) is 11.5 Å². The highest BCUT2D eigenvalue weighted by molar-refractivity contribution is 5.90. The van der Waals surface area contributed by atoms with Crippen molar-refractivity contribution < 1.29 is 14.5 Å². The van der Waals surface area contributed by atoms with E-state index >= 15 is 0 Å². The highest BCUT2D eigenvalue weighted by Gasteiger charge is 2.16. The van der Waals surface area contributed by atoms with Crippen LogP contribution in [0.4, 0.5) is 5.69 Å². The fraction of sp³-hybridized carbons (Fsp3) is 0.222. The van der Waals surface area contributed by atoms with Crippen LogP contribution in [-0.4, -0.2) is 27.1 Å². The summed E-state index contributed by atoms with van der Waals surface area (Å²) in [5.74, 6) is -0.626. The lowest BCUT2D eigenvalue weighted by atomic mass is 10.1. The molecular formula is C18H17N3O5. The number of nitro benzene ring substituents is 1. The number of para-hydroxylation sites is 2. The minimum Gasteiger partial charge on any atom is -0.462 e. The molecule has 0 atom stereocenters. The maximum absolute atomic E-state index is 12.1. The van der Waals surface area contributed by atoms with Crippen molar-refractivity contribution in [3.63, 3.8) is 0 Å². The second-order valence-electron chi connectivity index (χ2n) is 5.85. The molecule has 0 saturated heterocycles. The Morgan fingerprint density at radius 1 is 1.27 bits per heavy atom. The number of H-pyrrole nitrogens is 1. The lowest BCUT2D eigenvalue weighted by Gasteiger charge is -2.06. The van der Waals surface area contributed by atoms with Gasteiger partial charge in [-0.15, -0.1) is 0 Å². The molecule has 0 amide bonds. The number of hydrogen-bond acceptors (Lipinski definition) is 5. The number of carbonyl (C=O) groups is 1. The van der Waals surface area contributed by atoms with Crippen LogP contribution in [0.15, 0.2) is 47.3 Å². The second kappa shape index (κ2) is 7.22. The fourth-order valence-electron chi connectivity index (χ4n) is 2.73. The Labute approximate surface area is 148 Å². The van der Waals surface area contributed by atoms with E-state index in [0.717, 1.165) is 11.0 Å². The van der Waals surface area contributed by atoms with Gasteiger partial charge >= 0.3 is 11.7 Å². The molecule has 1 aromatic heterocycles. The highest BCUT2D eigenvalue weighted by atomic mass is 16.6. The van der Waals surface area contributed by atoms with Crippen LogP contribution in [0.5, 0.6) is 0 Å². The number of nitro groups is 1. The maximum atomic E-state index is 12.1. The van der Waals surface area contributed by atoms with Crippen molar-refractivity contribution in [2.24, 2.45) is 0 Å². The number of carbonyl (C=O) groups excluding carboxylic acids is 1. The van der Waals surface area contributed by atoms with Crippen molar-refractivity contribution >= 4 is 22.7 Å². The largest absolute Gasteiger partial charge is 0.462 e. The average Bonchev–Trinajstić information content (AvgIpc) is 2.94. The highest BCUT2D eigenvalue weighted by Crippen LogP contribution is 2.19. The monoisotopic (exact) mass is 355 g/mol. The number of fused-ring (bicyclic) bond motifs is 1. The Morgan fingerprint density at radius 2 is 2.04 bits per heavy atom. The molecule has 1 heterocycles. The average molecular weight is 355 g/mol. The van der Waals surface area contributed by atoms with Crippen LogP contribution in [0.3, 0.4) is 0 Å². The van der Waals surface area contributed by atoms with Crippen molar-refractivity contribution in [2.45, 2.75) is 19.9 Å². The third-order valence-electron chi connectivity index (χ3n) is 4.08. The summed E-state index contributed by atoms with van der Waals surface area (Å²) in [7, 11) is 0. The third kappa shape index (κ3) is 3.49. The molecule has 0 spiro atoms. The Hall–Kier alpha value is -3.42. The summed E-state index contributed by atoms with van der Waals surface area (Å²) in [6.07, 6.45) is 0.446. The van der Waals surface area contributed by atoms with Crippen LogP contribution in [0.1, 0.15) is 22.3 Å². The Kier molecular flexibility index (Phi) is 4.83. The number of aromatic amines is 1. The number of aromatic nitrogens is 2. The molecule has 8 nitrogen and oxygen atoms in total. The molecule has 26 heavy (non-hydrogen) atoms. The van der Waals surface area contributed by atoms with Gasteiger partial charge in [-0.05, 0) is 31.5 Å². The number of rotatable bonds is 6. The van der Waals surface area contributed by atoms with Gasteiger partial charge in [-0.2, -0.15) is 0 Å². The van der Waals surface area contributed by atoms with Crippen LogP contribution in [0.25, 0.3) is 11.0 Å². The summed E-state index contributed by atoms with van der Waals surface area (Å²) in [5.41, 5.74) is 1.81. The number of nitrogens with one attached hydrogen (secondary N) is 1. The molecule has 0 bridgehead atoms. The number of aryl methyl sites for hydroxylation is 2. The number of hydrogen-bond donors (Lipinski definition) is 1. The first-order valence-corrected chi connectivity index (χ1v) is 8.07. The molecule has 0 aliphatic rings. The lowest BCUT2D eigenvalue weighted by Crippen LogP contribution is -2.18. The van der Waals surface area contributed by atoms with Crippen LogP contribution >= 0.6 is 0 Å². The smallest absolute Gasteiger partial charge is 0.338 e. The van der Waals surface area contributed by atoms with E-state index in [4.69, 9.17) is 4.74 Å². The zero-order chi connectivity index (χ0) is 18.7. The minimum atomic E-state index is -0.626. The van der Waals surface area contributed by atoms with Gasteiger partial charge in [0.1, 0.15) is 0 Å². The molecule has 2 aromatic carbocycles. The van der Waals surface area contributed by atoms with E-state index < -0.39 is 10.9 Å². The second-order valence-corrected chi connectivity index (χ2v) is 5.85. The summed E-state index contributed by atoms with van der Waals surface area (Å²) in [5, 5.41) is 10.9. The van der Waals surface area contributed by atoms with Gasteiger partial charge in [-0.1, -0.05) is 18.2 Å². The van der Waals surface area contributed by atoms with Crippen molar-refractivity contribution in [3.05, 3.63) is 74.2 Å². The fourth-order valence-corrected chi connectivity index (χ4v) is 2.73. The number of benzene rings is 2. The van der Waals surface area contributed by atoms with Gasteiger partial charge in [0.2, 0.25) is 0 Å². The van der Waals surface area contributed by atoms with Gasteiger partial charge in [-0.3, -0.25) is 14.7 Å². The van der Waals surface area contributed by atoms with E-state index in [1.807, 2.05) is 24.3 Å². The minimum absolute atomic E-state index is 0.104. The van der Waals surface area contributed by atoms with Crippen molar-refractivity contribution in [3.8, 4) is 0 Å². The zero-order valence-corrected chi connectivity index (χ0v) is 14.1. The molecule has 0 saturated carbocycles. The van der Waals surface area contributed by atoms with Gasteiger partial charge in [0.15, 0.2) is 0 Å². The van der Waals surface area contributed by atoms with Gasteiger partial charge in [-0.25, -0.2) is 9.59 Å². The van der Waals surface area contributed by atoms with Crippen molar-refractivity contribution in [1.82, 2.24) is 9.55 Å². The van der Waals surface area contributed by atoms with E-state index in [9.17, 15) is 19.7 Å². The molecule has 134 valence electrons. The van der Waals surface area contributed by atoms with E-state index in [0.29, 0.717) is 18.5 Å². The third-order valence-corrected chi connectivity index (χ3v) is 4.08. The van der Waals surface area contributed by atoms with Crippen molar-refractivity contribution in [1.29, 1.82) is 0 Å². The van der Waals surface area contributed by atoms with Gasteiger partial charge in [0.25, 0.3) is 5.69 Å². The Balaban J connectivity index is 1.61. The maximum Gasteiger partial charge on any atom is 0.338 e. The van der Waals surface area contributed by atoms with E-state index in [2.05, 4.69) is 4.98 Å². The predicted octanol–water partition coefficient (Wildman–Crippen LogP) is 2.79. The number of ether oxygens (including phenoxy) is 1. The molecule has 3 rings (SSSR count). The first-order valence-electron chi connectivity index (χ1n) is 8.07. The van der Waals surface area contributed by atoms with Gasteiger partial charge < -0.3 is 9.72 Å². The molecule has 3 aromatic rings. The number of esters is 1. The summed E-state index contributed by atoms with van der Waals surface area (Å²) in [6, 6.07) is 11.6. The van der Waals surface area contributed by atoms with Crippen LogP contribution in [-0.2, 0) is 11.3 Å². The lowest BCUT2D eigenvalue weighted by molar-refractivity contribution is -0.385. The first kappa shape index (κ1) is 17.4. The van der Waals surface area contributed by atoms with E-state index in [-0.39, 0.29) is 23.5 Å². The molecule has 0 unspecified atom stereocenters. The molecular weight excluding hydrogens is 338 g/mol. The van der Waals surface area contributed by atoms with Gasteiger partial charge in [0, 0.05) is 18.2 Å². The molecule has 8 heteroatoms. The number of nitrogens with zero attached hydrogens (tertiary/aromatic N) is 2. The molecule has 0 radical (unpaired) electrons. The predicted molar refractivity (Wildman–Crippen MR) is 95.3 cm³/mol. The van der Waals surface area contributed by atoms with Gasteiger partial charge in [0.05, 0.1) is 28.1 Å². The Bertz CT molecular complexity index is 1030. The topological polar surface area (TPSA) is 107 Å². The van der Waals surface area contributed by atoms with Crippen LogP contribution in [0.2, 0.25) is 0 Å². The molecule has 0 aliphatic heterocycles. The normalized spacial score (nSPS) is 10.8. The van der Waals surface area contributed by atoms with E-state index in [1.165, 1.54) is 18.2 Å². The first-order chi connectivity index (χ1) is 12.5. The standard InChI is InChI=1S/C18H17N3O5/c1-12-7-8-13(11-16(12)21(24)25)17(22)26-10-4-9-20-15-6-3-2-5-14(15)19-18(20)23/h2-3,5-8,11H,4,9-10H2,1H3,(H,19,23).